The van der Waals surface area contributed by atoms with Crippen LogP contribution >= 0.6 is 0 Å². The number of rotatable bonds is 1. The summed E-state index contributed by atoms with van der Waals surface area (Å²) in [6.07, 6.45) is 0. The zero-order chi connectivity index (χ0) is 12.1. The fourth-order valence-corrected chi connectivity index (χ4v) is 1.12. The van der Waals surface area contributed by atoms with Gasteiger partial charge in [0.25, 0.3) is 0 Å². The maximum Gasteiger partial charge on any atom is 0.328 e. The van der Waals surface area contributed by atoms with E-state index in [1.165, 1.54) is 4.90 Å². The van der Waals surface area contributed by atoms with Crippen LogP contribution in [-0.2, 0) is 0 Å². The minimum atomic E-state index is -0.329. The summed E-state index contributed by atoms with van der Waals surface area (Å²) < 4.78 is 0. The van der Waals surface area contributed by atoms with E-state index >= 15 is 0 Å². The smallest absolute Gasteiger partial charge is 0.328 e. The first kappa shape index (κ1) is 12.0. The molecule has 0 spiro atoms. The van der Waals surface area contributed by atoms with Gasteiger partial charge in [-0.2, -0.15) is 0 Å². The summed E-state index contributed by atoms with van der Waals surface area (Å²) in [6, 6.07) is 8.82. The molecule has 0 saturated carbocycles. The predicted octanol–water partition coefficient (Wildman–Crippen LogP) is 1.65. The lowest BCUT2D eigenvalue weighted by atomic mass is 10.3. The fraction of sp³-hybridized carbons (Fsp3) is 0.273. The summed E-state index contributed by atoms with van der Waals surface area (Å²) in [5.74, 6) is 0.133. The van der Waals surface area contributed by atoms with Gasteiger partial charge in [0, 0.05) is 26.8 Å². The van der Waals surface area contributed by atoms with Gasteiger partial charge < -0.3 is 10.2 Å². The predicted molar refractivity (Wildman–Crippen MR) is 64.6 cm³/mol. The number of carbonyl (C=O) groups excluding carboxylic acids is 1. The topological polar surface area (TPSA) is 59.4 Å². The fourth-order valence-electron chi connectivity index (χ4n) is 1.12. The first-order valence-electron chi connectivity index (χ1n) is 4.88. The lowest BCUT2D eigenvalue weighted by Gasteiger charge is -2.23. The zero-order valence-electron chi connectivity index (χ0n) is 9.69. The number of nitrogens with zero attached hydrogens (tertiary/aromatic N) is 2. The number of urea groups is 1. The molecule has 0 aliphatic carbocycles. The van der Waals surface area contributed by atoms with Gasteiger partial charge >= 0.3 is 6.03 Å². The highest BCUT2D eigenvalue weighted by atomic mass is 16.2. The summed E-state index contributed by atoms with van der Waals surface area (Å²) in [5, 5.41) is 10.3. The van der Waals surface area contributed by atoms with Crippen molar-refractivity contribution in [2.24, 2.45) is 0 Å². The molecular weight excluding hydrogens is 204 g/mol. The average Bonchev–Trinajstić information content (AvgIpc) is 2.28. The van der Waals surface area contributed by atoms with Gasteiger partial charge in [0.15, 0.2) is 0 Å². The van der Waals surface area contributed by atoms with Crippen LogP contribution in [0.2, 0.25) is 0 Å². The Morgan fingerprint density at radius 3 is 2.25 bits per heavy atom. The Hall–Kier alpha value is -2.04. The molecule has 0 heterocycles. The molecule has 0 fully saturated rings. The molecule has 0 saturated heterocycles. The summed E-state index contributed by atoms with van der Waals surface area (Å²) >= 11 is 0. The number of hydrogen-bond donors (Lipinski definition) is 2. The average molecular weight is 220 g/mol. The van der Waals surface area contributed by atoms with Gasteiger partial charge in [0.2, 0.25) is 5.96 Å². The Morgan fingerprint density at radius 2 is 1.75 bits per heavy atom. The molecule has 0 unspecified atom stereocenters. The Kier molecular flexibility index (Phi) is 3.88. The van der Waals surface area contributed by atoms with E-state index in [-0.39, 0.29) is 12.0 Å². The van der Waals surface area contributed by atoms with Crippen molar-refractivity contribution in [2.75, 3.05) is 26.5 Å². The van der Waals surface area contributed by atoms with Crippen LogP contribution in [0.1, 0.15) is 0 Å². The first-order valence-corrected chi connectivity index (χ1v) is 4.88. The normalized spacial score (nSPS) is 9.44. The molecule has 2 amide bonds. The molecular formula is C11H16N4O. The summed E-state index contributed by atoms with van der Waals surface area (Å²) in [5.41, 5.74) is 0.714. The van der Waals surface area contributed by atoms with Gasteiger partial charge in [-0.15, -0.1) is 0 Å². The number of benzene rings is 1. The van der Waals surface area contributed by atoms with E-state index in [1.54, 1.807) is 38.2 Å². The monoisotopic (exact) mass is 220 g/mol. The van der Waals surface area contributed by atoms with Crippen molar-refractivity contribution >= 4 is 17.7 Å². The second-order valence-corrected chi connectivity index (χ2v) is 3.57. The molecule has 5 heteroatoms. The van der Waals surface area contributed by atoms with E-state index < -0.39 is 0 Å². The van der Waals surface area contributed by atoms with Crippen molar-refractivity contribution in [3.8, 4) is 0 Å². The van der Waals surface area contributed by atoms with Crippen molar-refractivity contribution in [3.63, 3.8) is 0 Å². The summed E-state index contributed by atoms with van der Waals surface area (Å²) in [6.45, 7) is 0. The molecule has 86 valence electrons. The van der Waals surface area contributed by atoms with Gasteiger partial charge in [-0.05, 0) is 12.1 Å². The SMILES string of the molecule is CN(C)C(=N)N(C)C(=O)Nc1ccccc1. The minimum Gasteiger partial charge on any atom is -0.349 e. The second-order valence-electron chi connectivity index (χ2n) is 3.57. The number of amides is 2. The number of nitrogens with one attached hydrogen (secondary N) is 2. The van der Waals surface area contributed by atoms with Gasteiger partial charge in [-0.3, -0.25) is 10.3 Å². The molecule has 0 aliphatic heterocycles. The molecule has 0 bridgehead atoms. The van der Waals surface area contributed by atoms with Crippen molar-refractivity contribution in [1.29, 1.82) is 5.41 Å². The Bertz CT molecular complexity index is 375. The van der Waals surface area contributed by atoms with Crippen molar-refractivity contribution in [2.45, 2.75) is 0 Å². The molecule has 1 aromatic rings. The molecule has 0 aliphatic rings. The van der Waals surface area contributed by atoms with E-state index in [9.17, 15) is 4.79 Å². The van der Waals surface area contributed by atoms with Crippen LogP contribution < -0.4 is 5.32 Å². The van der Waals surface area contributed by atoms with Crippen LogP contribution in [0.15, 0.2) is 30.3 Å². The molecule has 16 heavy (non-hydrogen) atoms. The molecule has 2 N–H and O–H groups in total. The number of carbonyl (C=O) groups is 1. The molecule has 5 nitrogen and oxygen atoms in total. The van der Waals surface area contributed by atoms with Gasteiger partial charge in [0.1, 0.15) is 0 Å². The third-order valence-corrected chi connectivity index (χ3v) is 2.07. The largest absolute Gasteiger partial charge is 0.349 e. The molecule has 0 atom stereocenters. The lowest BCUT2D eigenvalue weighted by molar-refractivity contribution is 0.236. The second kappa shape index (κ2) is 5.16. The van der Waals surface area contributed by atoms with Crippen LogP contribution in [0.4, 0.5) is 10.5 Å². The van der Waals surface area contributed by atoms with Crippen molar-refractivity contribution < 1.29 is 4.79 Å². The van der Waals surface area contributed by atoms with Crippen molar-refractivity contribution in [1.82, 2.24) is 9.80 Å². The highest BCUT2D eigenvalue weighted by Crippen LogP contribution is 2.06. The van der Waals surface area contributed by atoms with Crippen molar-refractivity contribution in [3.05, 3.63) is 30.3 Å². The first-order chi connectivity index (χ1) is 7.52. The van der Waals surface area contributed by atoms with Crippen LogP contribution in [0.5, 0.6) is 0 Å². The molecule has 1 rings (SSSR count). The lowest BCUT2D eigenvalue weighted by Crippen LogP contribution is -2.43. The Balaban J connectivity index is 2.63. The van der Waals surface area contributed by atoms with E-state index in [1.807, 2.05) is 18.2 Å². The number of para-hydroxylation sites is 1. The standard InChI is InChI=1S/C11H16N4O/c1-14(2)10(12)15(3)11(16)13-9-7-5-4-6-8-9/h4-8,12H,1-3H3,(H,13,16). The Labute approximate surface area is 95.2 Å². The zero-order valence-corrected chi connectivity index (χ0v) is 9.69. The highest BCUT2D eigenvalue weighted by molar-refractivity contribution is 6.00. The van der Waals surface area contributed by atoms with Crippen LogP contribution in [-0.4, -0.2) is 42.9 Å². The van der Waals surface area contributed by atoms with Gasteiger partial charge in [0.05, 0.1) is 0 Å². The summed E-state index contributed by atoms with van der Waals surface area (Å²) in [4.78, 5) is 14.5. The van der Waals surface area contributed by atoms with E-state index in [0.29, 0.717) is 5.69 Å². The number of anilines is 1. The molecule has 0 aromatic heterocycles. The van der Waals surface area contributed by atoms with Gasteiger partial charge in [-0.25, -0.2) is 4.79 Å². The molecule has 1 aromatic carbocycles. The summed E-state index contributed by atoms with van der Waals surface area (Å²) in [7, 11) is 4.99. The third kappa shape index (κ3) is 2.98. The number of guanidine groups is 1. The quantitative estimate of drug-likeness (QED) is 0.558. The minimum absolute atomic E-state index is 0.133. The Morgan fingerprint density at radius 1 is 1.19 bits per heavy atom. The third-order valence-electron chi connectivity index (χ3n) is 2.07. The highest BCUT2D eigenvalue weighted by Gasteiger charge is 2.14. The van der Waals surface area contributed by atoms with E-state index in [4.69, 9.17) is 5.41 Å². The van der Waals surface area contributed by atoms with Crippen LogP contribution in [0.3, 0.4) is 0 Å². The molecule has 0 radical (unpaired) electrons. The van der Waals surface area contributed by atoms with E-state index in [0.717, 1.165) is 0 Å². The van der Waals surface area contributed by atoms with Crippen LogP contribution in [0, 0.1) is 5.41 Å². The number of hydrogen-bond acceptors (Lipinski definition) is 2. The van der Waals surface area contributed by atoms with Crippen LogP contribution in [0.25, 0.3) is 0 Å². The van der Waals surface area contributed by atoms with Gasteiger partial charge in [-0.1, -0.05) is 18.2 Å². The maximum absolute atomic E-state index is 11.7. The van der Waals surface area contributed by atoms with E-state index in [2.05, 4.69) is 5.32 Å². The maximum atomic E-state index is 11.7.